The molecule has 8 nitrogen and oxygen atoms in total. The largest absolute Gasteiger partial charge is 0.436 e. The normalized spacial score (nSPS) is 11.6. The van der Waals surface area contributed by atoms with Crippen molar-refractivity contribution in [2.24, 2.45) is 7.05 Å². The van der Waals surface area contributed by atoms with Crippen molar-refractivity contribution in [1.29, 1.82) is 0 Å². The smallest absolute Gasteiger partial charge is 0.350 e. The zero-order chi connectivity index (χ0) is 18.8. The highest BCUT2D eigenvalue weighted by molar-refractivity contribution is 14.1. The van der Waals surface area contributed by atoms with Gasteiger partial charge in [-0.3, -0.25) is 19.3 Å². The number of hydrogen-bond acceptors (Lipinski definition) is 4. The predicted octanol–water partition coefficient (Wildman–Crippen LogP) is 0.600. The standard InChI is InChI=1S/C13H13F3IN5O3/c1-21-7(10(17)11(20-21)13(14,15)16)6-18-8(23)2-4-22-5-3-9(24)19-12(22)25/h3,5H,2,4,6H2,1H3,(H,18,23)(H,19,24,25). The Bertz CT molecular complexity index is 900. The number of rotatable bonds is 5. The first-order valence-corrected chi connectivity index (χ1v) is 8.02. The molecule has 0 bridgehead atoms. The Morgan fingerprint density at radius 2 is 2.08 bits per heavy atom. The van der Waals surface area contributed by atoms with Gasteiger partial charge in [0.1, 0.15) is 0 Å². The average molecular weight is 471 g/mol. The van der Waals surface area contributed by atoms with E-state index in [9.17, 15) is 27.6 Å². The molecule has 2 aromatic rings. The molecule has 2 heterocycles. The van der Waals surface area contributed by atoms with Gasteiger partial charge in [-0.15, -0.1) is 0 Å². The molecule has 0 aliphatic rings. The highest BCUT2D eigenvalue weighted by Crippen LogP contribution is 2.33. The van der Waals surface area contributed by atoms with Gasteiger partial charge in [-0.1, -0.05) is 0 Å². The Labute approximate surface area is 152 Å². The lowest BCUT2D eigenvalue weighted by atomic mass is 10.3. The zero-order valence-electron chi connectivity index (χ0n) is 12.9. The van der Waals surface area contributed by atoms with Gasteiger partial charge in [0, 0.05) is 32.3 Å². The summed E-state index contributed by atoms with van der Waals surface area (Å²) in [4.78, 5) is 36.3. The molecule has 25 heavy (non-hydrogen) atoms. The molecule has 0 atom stereocenters. The van der Waals surface area contributed by atoms with E-state index in [1.54, 1.807) is 0 Å². The minimum Gasteiger partial charge on any atom is -0.350 e. The van der Waals surface area contributed by atoms with Crippen molar-refractivity contribution < 1.29 is 18.0 Å². The van der Waals surface area contributed by atoms with E-state index in [0.717, 1.165) is 15.3 Å². The maximum Gasteiger partial charge on any atom is 0.436 e. The van der Waals surface area contributed by atoms with Crippen LogP contribution in [0.4, 0.5) is 13.2 Å². The van der Waals surface area contributed by atoms with Crippen molar-refractivity contribution in [3.63, 3.8) is 0 Å². The van der Waals surface area contributed by atoms with Crippen LogP contribution in [-0.2, 0) is 31.1 Å². The second kappa shape index (κ2) is 7.41. The summed E-state index contributed by atoms with van der Waals surface area (Å²) in [6, 6.07) is 1.15. The number of aromatic amines is 1. The number of carbonyl (C=O) groups excluding carboxylic acids is 1. The van der Waals surface area contributed by atoms with Gasteiger partial charge < -0.3 is 9.88 Å². The molecule has 1 amide bonds. The third-order valence-corrected chi connectivity index (χ3v) is 4.43. The summed E-state index contributed by atoms with van der Waals surface area (Å²) in [5.74, 6) is -0.455. The van der Waals surface area contributed by atoms with Crippen LogP contribution in [0.25, 0.3) is 0 Å². The molecule has 2 rings (SSSR count). The summed E-state index contributed by atoms with van der Waals surface area (Å²) in [5, 5.41) is 5.91. The monoisotopic (exact) mass is 471 g/mol. The highest BCUT2D eigenvalue weighted by atomic mass is 127. The van der Waals surface area contributed by atoms with Crippen LogP contribution in [0.1, 0.15) is 17.8 Å². The number of carbonyl (C=O) groups is 1. The maximum atomic E-state index is 12.8. The predicted molar refractivity (Wildman–Crippen MR) is 88.7 cm³/mol. The molecule has 12 heteroatoms. The third kappa shape index (κ3) is 4.70. The molecule has 0 fully saturated rings. The van der Waals surface area contributed by atoms with E-state index in [2.05, 4.69) is 15.4 Å². The number of nitrogens with one attached hydrogen (secondary N) is 2. The Morgan fingerprint density at radius 1 is 1.40 bits per heavy atom. The fourth-order valence-electron chi connectivity index (χ4n) is 2.02. The first kappa shape index (κ1) is 19.2. The van der Waals surface area contributed by atoms with Crippen molar-refractivity contribution in [2.45, 2.75) is 25.7 Å². The Hall–Kier alpha value is -2.12. The van der Waals surface area contributed by atoms with Crippen LogP contribution in [0.15, 0.2) is 21.9 Å². The SMILES string of the molecule is Cn1nc(C(F)(F)F)c(I)c1CNC(=O)CCn1ccc(=O)[nH]c1=O. The van der Waals surface area contributed by atoms with Gasteiger partial charge in [-0.05, 0) is 22.6 Å². The third-order valence-electron chi connectivity index (χ3n) is 3.30. The van der Waals surface area contributed by atoms with Crippen molar-refractivity contribution in [3.05, 3.63) is 48.1 Å². The van der Waals surface area contributed by atoms with Crippen LogP contribution >= 0.6 is 22.6 Å². The second-order valence-electron chi connectivity index (χ2n) is 5.06. The number of nitrogens with zero attached hydrogens (tertiary/aromatic N) is 3. The van der Waals surface area contributed by atoms with Crippen LogP contribution in [-0.4, -0.2) is 25.2 Å². The molecule has 0 aliphatic heterocycles. The van der Waals surface area contributed by atoms with E-state index >= 15 is 0 Å². The van der Waals surface area contributed by atoms with E-state index in [4.69, 9.17) is 0 Å². The summed E-state index contributed by atoms with van der Waals surface area (Å²) in [5.41, 5.74) is -1.96. The molecule has 2 aromatic heterocycles. The maximum absolute atomic E-state index is 12.8. The lowest BCUT2D eigenvalue weighted by Crippen LogP contribution is -2.31. The number of hydrogen-bond donors (Lipinski definition) is 2. The minimum atomic E-state index is -4.57. The Balaban J connectivity index is 1.98. The number of H-pyrrole nitrogens is 1. The molecular weight excluding hydrogens is 458 g/mol. The second-order valence-corrected chi connectivity index (χ2v) is 6.14. The fraction of sp³-hybridized carbons (Fsp3) is 0.385. The number of halogens is 4. The molecule has 2 N–H and O–H groups in total. The first-order valence-electron chi connectivity index (χ1n) is 6.94. The Kier molecular flexibility index (Phi) is 5.69. The van der Waals surface area contributed by atoms with Crippen molar-refractivity contribution in [3.8, 4) is 0 Å². The van der Waals surface area contributed by atoms with Gasteiger partial charge in [-0.25, -0.2) is 4.79 Å². The van der Waals surface area contributed by atoms with Crippen LogP contribution in [0.5, 0.6) is 0 Å². The van der Waals surface area contributed by atoms with Crippen LogP contribution < -0.4 is 16.6 Å². The van der Waals surface area contributed by atoms with Gasteiger partial charge in [0.2, 0.25) is 5.91 Å². The van der Waals surface area contributed by atoms with E-state index in [1.807, 2.05) is 0 Å². The number of aromatic nitrogens is 4. The fourth-order valence-corrected chi connectivity index (χ4v) is 2.97. The molecule has 0 saturated carbocycles. The zero-order valence-corrected chi connectivity index (χ0v) is 15.0. The highest BCUT2D eigenvalue weighted by Gasteiger charge is 2.38. The summed E-state index contributed by atoms with van der Waals surface area (Å²) in [7, 11) is 1.36. The van der Waals surface area contributed by atoms with Gasteiger partial charge in [0.25, 0.3) is 5.56 Å². The van der Waals surface area contributed by atoms with E-state index in [-0.39, 0.29) is 28.8 Å². The van der Waals surface area contributed by atoms with Gasteiger partial charge in [0.05, 0.1) is 15.8 Å². The summed E-state index contributed by atoms with van der Waals surface area (Å²) < 4.78 is 40.5. The minimum absolute atomic E-state index is 0.0255. The lowest BCUT2D eigenvalue weighted by molar-refractivity contribution is -0.142. The van der Waals surface area contributed by atoms with Crippen molar-refractivity contribution in [1.82, 2.24) is 24.6 Å². The van der Waals surface area contributed by atoms with Crippen molar-refractivity contribution in [2.75, 3.05) is 0 Å². The summed E-state index contributed by atoms with van der Waals surface area (Å²) in [6.07, 6.45) is -3.39. The van der Waals surface area contributed by atoms with Gasteiger partial charge in [0.15, 0.2) is 5.69 Å². The quantitative estimate of drug-likeness (QED) is 0.624. The summed E-state index contributed by atoms with van der Waals surface area (Å²) >= 11 is 1.54. The van der Waals surface area contributed by atoms with Crippen molar-refractivity contribution >= 4 is 28.5 Å². The number of alkyl halides is 3. The molecule has 136 valence electrons. The van der Waals surface area contributed by atoms with Crippen LogP contribution in [0.2, 0.25) is 0 Å². The molecule has 0 unspecified atom stereocenters. The van der Waals surface area contributed by atoms with E-state index < -0.39 is 29.0 Å². The lowest BCUT2D eigenvalue weighted by Gasteiger charge is -2.07. The van der Waals surface area contributed by atoms with Gasteiger partial charge in [-0.2, -0.15) is 18.3 Å². The molecule has 0 aromatic carbocycles. The number of amides is 1. The summed E-state index contributed by atoms with van der Waals surface area (Å²) in [6.45, 7) is -0.102. The topological polar surface area (TPSA) is 102 Å². The Morgan fingerprint density at radius 3 is 2.64 bits per heavy atom. The van der Waals surface area contributed by atoms with Crippen LogP contribution in [0.3, 0.4) is 0 Å². The van der Waals surface area contributed by atoms with Gasteiger partial charge >= 0.3 is 11.9 Å². The van der Waals surface area contributed by atoms with Crippen LogP contribution in [0, 0.1) is 3.57 Å². The van der Waals surface area contributed by atoms with E-state index in [0.29, 0.717) is 0 Å². The molecule has 0 aliphatic carbocycles. The number of aryl methyl sites for hydroxylation is 2. The molecule has 0 radical (unpaired) electrons. The molecular formula is C13H13F3IN5O3. The average Bonchev–Trinajstić information content (AvgIpc) is 2.79. The molecule has 0 spiro atoms. The molecule has 0 saturated heterocycles. The van der Waals surface area contributed by atoms with E-state index in [1.165, 1.54) is 35.8 Å². The first-order chi connectivity index (χ1) is 11.6.